The van der Waals surface area contributed by atoms with Gasteiger partial charge in [0, 0.05) is 0 Å². The van der Waals surface area contributed by atoms with Crippen molar-refractivity contribution >= 4 is 5.71 Å². The first-order chi connectivity index (χ1) is 9.18. The van der Waals surface area contributed by atoms with E-state index in [0.29, 0.717) is 5.57 Å². The Balaban J connectivity index is 3.64. The highest BCUT2D eigenvalue weighted by molar-refractivity contribution is 5.99. The SMILES string of the molecule is CC1=C/C(=N/O)[C@@H](C(O)(C(F)(F)F)C(F)(F)F)C(C)(C)C1. The molecule has 0 unspecified atom stereocenters. The molecular formula is C12H15F6NO2. The van der Waals surface area contributed by atoms with Gasteiger partial charge in [0.1, 0.15) is 0 Å². The molecule has 0 aliphatic heterocycles. The predicted octanol–water partition coefficient (Wildman–Crippen LogP) is 3.66. The normalized spacial score (nSPS) is 25.9. The topological polar surface area (TPSA) is 52.8 Å². The molecular weight excluding hydrogens is 304 g/mol. The first-order valence-corrected chi connectivity index (χ1v) is 5.93. The second-order valence-corrected chi connectivity index (χ2v) is 5.88. The number of rotatable bonds is 1. The van der Waals surface area contributed by atoms with Crippen LogP contribution in [-0.2, 0) is 0 Å². The molecule has 0 radical (unpaired) electrons. The lowest BCUT2D eigenvalue weighted by Gasteiger charge is -2.47. The Kier molecular flexibility index (Phi) is 4.15. The zero-order valence-corrected chi connectivity index (χ0v) is 11.5. The van der Waals surface area contributed by atoms with E-state index in [9.17, 15) is 31.4 Å². The van der Waals surface area contributed by atoms with Gasteiger partial charge < -0.3 is 10.3 Å². The van der Waals surface area contributed by atoms with Gasteiger partial charge in [-0.15, -0.1) is 0 Å². The number of hydrogen-bond donors (Lipinski definition) is 2. The number of nitrogens with zero attached hydrogens (tertiary/aromatic N) is 1. The van der Waals surface area contributed by atoms with Crippen LogP contribution in [-0.4, -0.2) is 34.0 Å². The summed E-state index contributed by atoms with van der Waals surface area (Å²) < 4.78 is 78.0. The van der Waals surface area contributed by atoms with E-state index in [-0.39, 0.29) is 6.42 Å². The molecule has 122 valence electrons. The molecule has 21 heavy (non-hydrogen) atoms. The lowest BCUT2D eigenvalue weighted by atomic mass is 9.61. The maximum absolute atomic E-state index is 13.0. The maximum Gasteiger partial charge on any atom is 0.426 e. The molecule has 0 spiro atoms. The van der Waals surface area contributed by atoms with Crippen LogP contribution in [0.1, 0.15) is 27.2 Å². The fourth-order valence-corrected chi connectivity index (χ4v) is 2.96. The van der Waals surface area contributed by atoms with Gasteiger partial charge in [-0.25, -0.2) is 0 Å². The van der Waals surface area contributed by atoms with Crippen LogP contribution in [0.15, 0.2) is 16.8 Å². The minimum Gasteiger partial charge on any atom is -0.411 e. The first-order valence-electron chi connectivity index (χ1n) is 5.93. The van der Waals surface area contributed by atoms with Crippen molar-refractivity contribution in [1.29, 1.82) is 0 Å². The number of hydrogen-bond acceptors (Lipinski definition) is 3. The highest BCUT2D eigenvalue weighted by Gasteiger charge is 2.76. The average molecular weight is 319 g/mol. The number of halogens is 6. The van der Waals surface area contributed by atoms with E-state index < -0.39 is 35.0 Å². The average Bonchev–Trinajstić information content (AvgIpc) is 2.22. The van der Waals surface area contributed by atoms with Gasteiger partial charge in [0.25, 0.3) is 5.60 Å². The van der Waals surface area contributed by atoms with Gasteiger partial charge in [-0.1, -0.05) is 24.6 Å². The molecule has 0 aromatic heterocycles. The fourth-order valence-electron chi connectivity index (χ4n) is 2.96. The molecule has 3 nitrogen and oxygen atoms in total. The monoisotopic (exact) mass is 319 g/mol. The number of allylic oxidation sites excluding steroid dienone is 2. The third kappa shape index (κ3) is 2.75. The molecule has 9 heteroatoms. The van der Waals surface area contributed by atoms with Crippen LogP contribution in [0.5, 0.6) is 0 Å². The second-order valence-electron chi connectivity index (χ2n) is 5.88. The van der Waals surface area contributed by atoms with E-state index in [2.05, 4.69) is 5.16 Å². The second kappa shape index (κ2) is 4.89. The van der Waals surface area contributed by atoms with Crippen molar-refractivity contribution in [2.24, 2.45) is 16.5 Å². The zero-order valence-electron chi connectivity index (χ0n) is 11.5. The molecule has 0 bridgehead atoms. The van der Waals surface area contributed by atoms with E-state index in [1.54, 1.807) is 0 Å². The Labute approximate surface area is 116 Å². The largest absolute Gasteiger partial charge is 0.426 e. The van der Waals surface area contributed by atoms with E-state index in [0.717, 1.165) is 19.9 Å². The summed E-state index contributed by atoms with van der Waals surface area (Å²) in [5.41, 5.74) is -7.00. The van der Waals surface area contributed by atoms with Crippen LogP contribution in [0.2, 0.25) is 0 Å². The van der Waals surface area contributed by atoms with Crippen LogP contribution in [0.3, 0.4) is 0 Å². The molecule has 1 aliphatic carbocycles. The summed E-state index contributed by atoms with van der Waals surface area (Å²) in [6.07, 6.45) is -11.1. The highest BCUT2D eigenvalue weighted by Crippen LogP contribution is 2.55. The van der Waals surface area contributed by atoms with E-state index in [1.165, 1.54) is 6.92 Å². The molecule has 0 saturated carbocycles. The summed E-state index contributed by atoms with van der Waals surface area (Å²) in [4.78, 5) is 0. The first kappa shape index (κ1) is 17.8. The van der Waals surface area contributed by atoms with Gasteiger partial charge >= 0.3 is 12.4 Å². The molecule has 0 aromatic rings. The minimum atomic E-state index is -5.97. The van der Waals surface area contributed by atoms with Crippen LogP contribution >= 0.6 is 0 Å². The van der Waals surface area contributed by atoms with Crippen molar-refractivity contribution < 1.29 is 36.7 Å². The molecule has 0 amide bonds. The van der Waals surface area contributed by atoms with Crippen LogP contribution < -0.4 is 0 Å². The maximum atomic E-state index is 13.0. The fraction of sp³-hybridized carbons (Fsp3) is 0.750. The molecule has 1 rings (SSSR count). The molecule has 0 heterocycles. The third-order valence-electron chi connectivity index (χ3n) is 3.60. The van der Waals surface area contributed by atoms with Gasteiger partial charge in [0.05, 0.1) is 11.6 Å². The van der Waals surface area contributed by atoms with Crippen molar-refractivity contribution in [3.05, 3.63) is 11.6 Å². The van der Waals surface area contributed by atoms with Crippen molar-refractivity contribution in [2.45, 2.75) is 45.1 Å². The quantitative estimate of drug-likeness (QED) is 0.440. The van der Waals surface area contributed by atoms with Crippen molar-refractivity contribution in [3.63, 3.8) is 0 Å². The Morgan fingerprint density at radius 3 is 1.90 bits per heavy atom. The van der Waals surface area contributed by atoms with Crippen LogP contribution in [0, 0.1) is 11.3 Å². The van der Waals surface area contributed by atoms with Gasteiger partial charge in [0.2, 0.25) is 0 Å². The number of alkyl halides is 6. The van der Waals surface area contributed by atoms with Gasteiger partial charge in [-0.05, 0) is 24.8 Å². The standard InChI is InChI=1S/C12H15F6NO2/c1-6-4-7(19-21)8(9(2,3)5-6)10(20,11(13,14)15)12(16,17)18/h4,8,20-21H,5H2,1-3H3/b19-7-/t8-/m1/s1. The van der Waals surface area contributed by atoms with Gasteiger partial charge in [-0.3, -0.25) is 0 Å². The van der Waals surface area contributed by atoms with Crippen LogP contribution in [0.4, 0.5) is 26.3 Å². The van der Waals surface area contributed by atoms with Gasteiger partial charge in [-0.2, -0.15) is 26.3 Å². The Hall–Kier alpha value is -1.25. The summed E-state index contributed by atoms with van der Waals surface area (Å²) >= 11 is 0. The van der Waals surface area contributed by atoms with Crippen molar-refractivity contribution in [3.8, 4) is 0 Å². The van der Waals surface area contributed by atoms with E-state index in [1.807, 2.05) is 0 Å². The Morgan fingerprint density at radius 1 is 1.14 bits per heavy atom. The summed E-state index contributed by atoms with van der Waals surface area (Å²) in [7, 11) is 0. The Morgan fingerprint density at radius 2 is 1.57 bits per heavy atom. The van der Waals surface area contributed by atoms with E-state index in [4.69, 9.17) is 5.21 Å². The van der Waals surface area contributed by atoms with Crippen molar-refractivity contribution in [1.82, 2.24) is 0 Å². The summed E-state index contributed by atoms with van der Waals surface area (Å²) in [6.45, 7) is 3.80. The highest BCUT2D eigenvalue weighted by atomic mass is 19.4. The molecule has 0 saturated heterocycles. The minimum absolute atomic E-state index is 0.106. The lowest BCUT2D eigenvalue weighted by Crippen LogP contribution is -2.67. The molecule has 1 aliphatic rings. The molecule has 2 N–H and O–H groups in total. The molecule has 0 fully saturated rings. The Bertz CT molecular complexity index is 461. The zero-order chi connectivity index (χ0) is 16.9. The molecule has 1 atom stereocenters. The van der Waals surface area contributed by atoms with Crippen molar-refractivity contribution in [2.75, 3.05) is 0 Å². The molecule has 0 aromatic carbocycles. The number of aliphatic hydroxyl groups is 1. The van der Waals surface area contributed by atoms with E-state index >= 15 is 0 Å². The predicted molar refractivity (Wildman–Crippen MR) is 61.9 cm³/mol. The summed E-state index contributed by atoms with van der Waals surface area (Å²) in [5, 5.41) is 20.9. The van der Waals surface area contributed by atoms with Crippen LogP contribution in [0.25, 0.3) is 0 Å². The summed E-state index contributed by atoms with van der Waals surface area (Å²) in [6, 6.07) is 0. The number of oxime groups is 1. The van der Waals surface area contributed by atoms with Gasteiger partial charge in [0.15, 0.2) is 0 Å². The third-order valence-corrected chi connectivity index (χ3v) is 3.60. The lowest BCUT2D eigenvalue weighted by molar-refractivity contribution is -0.385. The summed E-state index contributed by atoms with van der Waals surface area (Å²) in [5.74, 6) is -2.47. The smallest absolute Gasteiger partial charge is 0.411 e.